The normalized spacial score (nSPS) is 16.2. The maximum atomic E-state index is 12.7. The van der Waals surface area contributed by atoms with Crippen molar-refractivity contribution in [1.29, 1.82) is 0 Å². The molecule has 3 aromatic rings. The van der Waals surface area contributed by atoms with Gasteiger partial charge in [-0.05, 0) is 63.2 Å². The highest BCUT2D eigenvalue weighted by atomic mass is 16.5. The van der Waals surface area contributed by atoms with Crippen LogP contribution >= 0.6 is 0 Å². The van der Waals surface area contributed by atoms with Gasteiger partial charge in [-0.15, -0.1) is 10.2 Å². The van der Waals surface area contributed by atoms with Crippen LogP contribution < -0.4 is 14.8 Å². The number of carbonyl (C=O) groups is 1. The summed E-state index contributed by atoms with van der Waals surface area (Å²) < 4.78 is 12.8. The highest BCUT2D eigenvalue weighted by molar-refractivity contribution is 5.78. The van der Waals surface area contributed by atoms with E-state index in [-0.39, 0.29) is 11.9 Å². The summed E-state index contributed by atoms with van der Waals surface area (Å²) in [6.45, 7) is 4.05. The topological polar surface area (TPSA) is 81.0 Å². The molecule has 8 heteroatoms. The number of hydrogen-bond donors (Lipinski definition) is 1. The van der Waals surface area contributed by atoms with E-state index in [1.807, 2.05) is 49.5 Å². The van der Waals surface area contributed by atoms with Crippen LogP contribution in [0.2, 0.25) is 0 Å². The Kier molecular flexibility index (Phi) is 6.36. The molecule has 164 valence electrons. The van der Waals surface area contributed by atoms with Crippen LogP contribution in [0.1, 0.15) is 43.1 Å². The predicted octanol–water partition coefficient (Wildman–Crippen LogP) is 2.80. The van der Waals surface area contributed by atoms with Gasteiger partial charge >= 0.3 is 0 Å². The molecule has 1 amide bonds. The lowest BCUT2D eigenvalue weighted by atomic mass is 9.96. The average Bonchev–Trinajstić information content (AvgIpc) is 3.23. The van der Waals surface area contributed by atoms with Crippen LogP contribution in [0.3, 0.4) is 0 Å². The molecule has 31 heavy (non-hydrogen) atoms. The molecular formula is C23H29N5O3. The van der Waals surface area contributed by atoms with E-state index < -0.39 is 0 Å². The zero-order chi connectivity index (χ0) is 21.8. The molecule has 0 radical (unpaired) electrons. The minimum Gasteiger partial charge on any atom is -0.497 e. The number of likely N-dealkylation sites (tertiary alicyclic amines) is 1. The largest absolute Gasteiger partial charge is 0.497 e. The number of fused-ring (bicyclic) bond motifs is 1. The quantitative estimate of drug-likeness (QED) is 0.629. The van der Waals surface area contributed by atoms with Crippen LogP contribution in [0.25, 0.3) is 5.65 Å². The van der Waals surface area contributed by atoms with E-state index in [1.54, 1.807) is 14.2 Å². The minimum atomic E-state index is -0.183. The Morgan fingerprint density at radius 3 is 2.71 bits per heavy atom. The molecule has 1 aliphatic rings. The number of rotatable bonds is 7. The first kappa shape index (κ1) is 21.1. The van der Waals surface area contributed by atoms with Gasteiger partial charge in [0.15, 0.2) is 5.65 Å². The van der Waals surface area contributed by atoms with Crippen LogP contribution in [0.5, 0.6) is 11.5 Å². The molecule has 1 atom stereocenters. The fourth-order valence-electron chi connectivity index (χ4n) is 4.23. The van der Waals surface area contributed by atoms with Gasteiger partial charge in [-0.2, -0.15) is 0 Å². The molecular weight excluding hydrogens is 394 g/mol. The highest BCUT2D eigenvalue weighted by Crippen LogP contribution is 2.30. The molecule has 4 rings (SSSR count). The van der Waals surface area contributed by atoms with Gasteiger partial charge in [-0.25, -0.2) is 0 Å². The van der Waals surface area contributed by atoms with E-state index in [4.69, 9.17) is 9.47 Å². The third kappa shape index (κ3) is 4.64. The molecule has 0 spiro atoms. The Labute approximate surface area is 182 Å². The lowest BCUT2D eigenvalue weighted by Crippen LogP contribution is -2.42. The Hall–Kier alpha value is -3.13. The fourth-order valence-corrected chi connectivity index (χ4v) is 4.23. The van der Waals surface area contributed by atoms with E-state index in [0.29, 0.717) is 12.5 Å². The molecule has 8 nitrogen and oxygen atoms in total. The number of pyridine rings is 1. The van der Waals surface area contributed by atoms with E-state index in [2.05, 4.69) is 24.8 Å². The summed E-state index contributed by atoms with van der Waals surface area (Å²) >= 11 is 0. The summed E-state index contributed by atoms with van der Waals surface area (Å²) in [5, 5.41) is 11.8. The van der Waals surface area contributed by atoms with Gasteiger partial charge in [0.2, 0.25) is 5.91 Å². The van der Waals surface area contributed by atoms with Gasteiger partial charge in [0, 0.05) is 17.7 Å². The monoisotopic (exact) mass is 423 g/mol. The second-order valence-electron chi connectivity index (χ2n) is 7.93. The van der Waals surface area contributed by atoms with Gasteiger partial charge in [0.1, 0.15) is 17.3 Å². The van der Waals surface area contributed by atoms with E-state index in [1.165, 1.54) is 0 Å². The first-order valence-corrected chi connectivity index (χ1v) is 10.6. The highest BCUT2D eigenvalue weighted by Gasteiger charge is 2.26. The summed E-state index contributed by atoms with van der Waals surface area (Å²) in [6.07, 6.45) is 3.93. The number of carbonyl (C=O) groups excluding carboxylic acids is 1. The van der Waals surface area contributed by atoms with Crippen LogP contribution in [-0.2, 0) is 4.79 Å². The summed E-state index contributed by atoms with van der Waals surface area (Å²) in [5.74, 6) is 2.84. The third-order valence-corrected chi connectivity index (χ3v) is 5.94. The Balaban J connectivity index is 1.32. The van der Waals surface area contributed by atoms with Crippen LogP contribution in [0, 0.1) is 0 Å². The van der Waals surface area contributed by atoms with Crippen molar-refractivity contribution < 1.29 is 14.3 Å². The summed E-state index contributed by atoms with van der Waals surface area (Å²) in [5.41, 5.74) is 1.77. The maximum absolute atomic E-state index is 12.7. The molecule has 0 aliphatic carbocycles. The van der Waals surface area contributed by atoms with Gasteiger partial charge < -0.3 is 14.8 Å². The van der Waals surface area contributed by atoms with Gasteiger partial charge in [0.05, 0.1) is 26.8 Å². The van der Waals surface area contributed by atoms with Crippen LogP contribution in [0.15, 0.2) is 42.6 Å². The number of amides is 1. The molecule has 1 N–H and O–H groups in total. The number of benzene rings is 1. The molecule has 1 unspecified atom stereocenters. The average molecular weight is 424 g/mol. The van der Waals surface area contributed by atoms with E-state index >= 15 is 0 Å². The van der Waals surface area contributed by atoms with Crippen molar-refractivity contribution >= 4 is 11.6 Å². The lowest BCUT2D eigenvalue weighted by Gasteiger charge is -2.31. The first-order chi connectivity index (χ1) is 15.1. The predicted molar refractivity (Wildman–Crippen MR) is 118 cm³/mol. The SMILES string of the molecule is COc1ccc(OC)c(C(C)NC(=O)CN2CCC(c3nnc4ccccn34)CC2)c1. The van der Waals surface area contributed by atoms with E-state index in [0.717, 1.165) is 54.5 Å². The van der Waals surface area contributed by atoms with Crippen LogP contribution in [0.4, 0.5) is 0 Å². The van der Waals surface area contributed by atoms with Crippen molar-refractivity contribution in [2.75, 3.05) is 33.9 Å². The summed E-state index contributed by atoms with van der Waals surface area (Å²) in [4.78, 5) is 14.9. The Morgan fingerprint density at radius 1 is 1.16 bits per heavy atom. The van der Waals surface area contributed by atoms with Crippen molar-refractivity contribution in [1.82, 2.24) is 24.8 Å². The standard InChI is InChI=1S/C23H29N5O3/c1-16(19-14-18(30-2)7-8-20(19)31-3)24-22(29)15-27-12-9-17(10-13-27)23-26-25-21-6-4-5-11-28(21)23/h4-8,11,14,16-17H,9-10,12-13,15H2,1-3H3,(H,24,29). The fraction of sp³-hybridized carbons (Fsp3) is 0.435. The third-order valence-electron chi connectivity index (χ3n) is 5.94. The zero-order valence-electron chi connectivity index (χ0n) is 18.2. The molecule has 3 heterocycles. The van der Waals surface area contributed by atoms with Gasteiger partial charge in [-0.1, -0.05) is 6.07 Å². The van der Waals surface area contributed by atoms with Crippen LogP contribution in [-0.4, -0.2) is 59.3 Å². The lowest BCUT2D eigenvalue weighted by molar-refractivity contribution is -0.123. The molecule has 1 saturated heterocycles. The maximum Gasteiger partial charge on any atom is 0.234 e. The first-order valence-electron chi connectivity index (χ1n) is 10.6. The molecule has 1 aromatic carbocycles. The number of piperidine rings is 1. The van der Waals surface area contributed by atoms with Crippen molar-refractivity contribution in [2.45, 2.75) is 31.7 Å². The molecule has 0 bridgehead atoms. The molecule has 2 aromatic heterocycles. The number of nitrogens with one attached hydrogen (secondary N) is 1. The van der Waals surface area contributed by atoms with Crippen molar-refractivity contribution in [2.24, 2.45) is 0 Å². The number of aromatic nitrogens is 3. The summed E-state index contributed by atoms with van der Waals surface area (Å²) in [7, 11) is 3.25. The van der Waals surface area contributed by atoms with E-state index in [9.17, 15) is 4.79 Å². The molecule has 1 aliphatic heterocycles. The van der Waals surface area contributed by atoms with Crippen molar-refractivity contribution in [3.63, 3.8) is 0 Å². The second kappa shape index (κ2) is 9.34. The Morgan fingerprint density at radius 2 is 1.97 bits per heavy atom. The number of methoxy groups -OCH3 is 2. The Bertz CT molecular complexity index is 1040. The van der Waals surface area contributed by atoms with Crippen molar-refractivity contribution in [3.8, 4) is 11.5 Å². The number of nitrogens with zero attached hydrogens (tertiary/aromatic N) is 4. The molecule has 0 saturated carbocycles. The van der Waals surface area contributed by atoms with Gasteiger partial charge in [0.25, 0.3) is 0 Å². The van der Waals surface area contributed by atoms with Gasteiger partial charge in [-0.3, -0.25) is 14.1 Å². The van der Waals surface area contributed by atoms with Crippen molar-refractivity contribution in [3.05, 3.63) is 54.0 Å². The molecule has 1 fully saturated rings. The second-order valence-corrected chi connectivity index (χ2v) is 7.93. The minimum absolute atomic E-state index is 0.00347. The smallest absolute Gasteiger partial charge is 0.234 e. The number of ether oxygens (including phenoxy) is 2. The zero-order valence-corrected chi connectivity index (χ0v) is 18.2. The number of hydrogen-bond acceptors (Lipinski definition) is 6. The summed E-state index contributed by atoms with van der Waals surface area (Å²) in [6, 6.07) is 11.4.